The fourth-order valence-electron chi connectivity index (χ4n) is 4.63. The molecule has 0 unspecified atom stereocenters. The Balaban J connectivity index is 1.84. The zero-order chi connectivity index (χ0) is 27.1. The molecule has 5 atom stereocenters. The molecular weight excluding hydrogens is 499 g/mol. The fourth-order valence-corrected chi connectivity index (χ4v) is 4.86. The molecule has 1 aromatic rings. The van der Waals surface area contributed by atoms with Crippen molar-refractivity contribution in [2.45, 2.75) is 58.3 Å². The topological polar surface area (TPSA) is 79.3 Å². The largest absolute Gasteiger partial charge is 0.457 e. The molecule has 37 heavy (non-hydrogen) atoms. The lowest BCUT2D eigenvalue weighted by Gasteiger charge is -2.33. The third-order valence-corrected chi connectivity index (χ3v) is 7.20. The number of hydrogen-bond donors (Lipinski definition) is 1. The van der Waals surface area contributed by atoms with Crippen LogP contribution in [0.25, 0.3) is 6.08 Å². The minimum Gasteiger partial charge on any atom is -0.457 e. The van der Waals surface area contributed by atoms with Gasteiger partial charge in [-0.05, 0) is 68.1 Å². The zero-order valence-corrected chi connectivity index (χ0v) is 22.8. The van der Waals surface area contributed by atoms with Gasteiger partial charge in [0.2, 0.25) is 0 Å². The molecule has 7 nitrogen and oxygen atoms in total. The summed E-state index contributed by atoms with van der Waals surface area (Å²) in [4.78, 5) is 29.4. The van der Waals surface area contributed by atoms with Crippen molar-refractivity contribution < 1.29 is 28.6 Å². The van der Waals surface area contributed by atoms with Gasteiger partial charge in [0.25, 0.3) is 0 Å². The average Bonchev–Trinajstić information content (AvgIpc) is 2.82. The molecule has 1 saturated heterocycles. The number of aliphatic hydroxyl groups is 1. The quantitative estimate of drug-likeness (QED) is 0.436. The first-order chi connectivity index (χ1) is 17.5. The Morgan fingerprint density at radius 1 is 1.16 bits per heavy atom. The molecule has 9 heteroatoms. The van der Waals surface area contributed by atoms with E-state index in [0.717, 1.165) is 13.1 Å². The number of rotatable bonds is 3. The molecule has 0 saturated carbocycles. The fraction of sp³-hybridized carbons (Fsp3) is 0.571. The van der Waals surface area contributed by atoms with E-state index in [2.05, 4.69) is 4.90 Å². The summed E-state index contributed by atoms with van der Waals surface area (Å²) in [7, 11) is 2.02. The van der Waals surface area contributed by atoms with E-state index in [-0.39, 0.29) is 29.4 Å². The van der Waals surface area contributed by atoms with Gasteiger partial charge >= 0.3 is 12.1 Å². The van der Waals surface area contributed by atoms with Crippen LogP contribution in [0.1, 0.15) is 45.6 Å². The first-order valence-corrected chi connectivity index (χ1v) is 13.2. The number of ether oxygens (including phenoxy) is 2. The van der Waals surface area contributed by atoms with Crippen LogP contribution in [0.3, 0.4) is 0 Å². The van der Waals surface area contributed by atoms with Gasteiger partial charge in [0.15, 0.2) is 0 Å². The average molecular weight is 537 g/mol. The predicted molar refractivity (Wildman–Crippen MR) is 142 cm³/mol. The number of nitrogens with zero attached hydrogens (tertiary/aromatic N) is 2. The smallest absolute Gasteiger partial charge is 0.410 e. The van der Waals surface area contributed by atoms with E-state index in [1.54, 1.807) is 24.0 Å². The highest BCUT2D eigenvalue weighted by Crippen LogP contribution is 2.26. The zero-order valence-electron chi connectivity index (χ0n) is 22.0. The molecular formula is C28H38ClFN2O5. The summed E-state index contributed by atoms with van der Waals surface area (Å²) < 4.78 is 25.6. The van der Waals surface area contributed by atoms with Crippen LogP contribution >= 0.6 is 11.6 Å². The Kier molecular flexibility index (Phi) is 10.6. The van der Waals surface area contributed by atoms with E-state index in [1.165, 1.54) is 12.1 Å². The van der Waals surface area contributed by atoms with Crippen LogP contribution in [0.4, 0.5) is 9.18 Å². The lowest BCUT2D eigenvalue weighted by Crippen LogP contribution is -2.48. The number of halogens is 2. The molecule has 1 N–H and O–H groups in total. The van der Waals surface area contributed by atoms with Crippen molar-refractivity contribution in [3.05, 3.63) is 52.3 Å². The van der Waals surface area contributed by atoms with Crippen molar-refractivity contribution in [1.29, 1.82) is 0 Å². The molecule has 1 amide bonds. The van der Waals surface area contributed by atoms with Crippen LogP contribution in [0, 0.1) is 17.7 Å². The van der Waals surface area contributed by atoms with E-state index < -0.39 is 30.1 Å². The summed E-state index contributed by atoms with van der Waals surface area (Å²) in [5.41, 5.74) is 1.24. The van der Waals surface area contributed by atoms with Crippen molar-refractivity contribution in [1.82, 2.24) is 9.80 Å². The second-order valence-electron chi connectivity index (χ2n) is 10.3. The van der Waals surface area contributed by atoms with Crippen LogP contribution in [-0.4, -0.2) is 78.5 Å². The number of hydrogen-bond acceptors (Lipinski definition) is 6. The standard InChI is InChI=1S/C28H38ClFN2O5/c1-18-5-7-24(33)17-26(34)37-27(20(3)13-21-14-22(29)16-23(30)15-21)19(2)6-8-25(18)36-28(35)32-11-9-31(4)10-12-32/h6,8,13-16,18-19,24-25,27,33H,5,7,9-12,17H2,1-4H3/b8-6+,20-13+/t18-,19-,24+,25+,27-/m0/s1. The minimum atomic E-state index is -0.866. The maximum atomic E-state index is 13.9. The summed E-state index contributed by atoms with van der Waals surface area (Å²) in [5.74, 6) is -1.31. The summed E-state index contributed by atoms with van der Waals surface area (Å²) in [6.07, 6.45) is 3.92. The van der Waals surface area contributed by atoms with Crippen LogP contribution in [0.15, 0.2) is 35.9 Å². The molecule has 3 rings (SSSR count). The first kappa shape index (κ1) is 29.1. The predicted octanol–water partition coefficient (Wildman–Crippen LogP) is 4.92. The van der Waals surface area contributed by atoms with Gasteiger partial charge in [-0.2, -0.15) is 0 Å². The van der Waals surface area contributed by atoms with Gasteiger partial charge < -0.3 is 24.4 Å². The highest BCUT2D eigenvalue weighted by molar-refractivity contribution is 6.30. The SMILES string of the molecule is C/C(=C\c1cc(F)cc(Cl)c1)[C@H]1OC(=O)C[C@H](O)CC[C@H](C)[C@H](OC(=O)N2CCN(C)CC2)/C=C/[C@@H]1C. The summed E-state index contributed by atoms with van der Waals surface area (Å²) in [5, 5.41) is 10.7. The van der Waals surface area contributed by atoms with Gasteiger partial charge in [-0.3, -0.25) is 4.79 Å². The van der Waals surface area contributed by atoms with Crippen molar-refractivity contribution in [3.8, 4) is 0 Å². The number of cyclic esters (lactones) is 1. The lowest BCUT2D eigenvalue weighted by molar-refractivity contribution is -0.151. The third kappa shape index (κ3) is 8.83. The monoisotopic (exact) mass is 536 g/mol. The summed E-state index contributed by atoms with van der Waals surface area (Å²) in [6.45, 7) is 8.49. The second-order valence-corrected chi connectivity index (χ2v) is 10.7. The van der Waals surface area contributed by atoms with Gasteiger partial charge in [0.05, 0.1) is 12.5 Å². The Labute approximate surface area is 223 Å². The maximum absolute atomic E-state index is 13.9. The molecule has 204 valence electrons. The third-order valence-electron chi connectivity index (χ3n) is 6.99. The van der Waals surface area contributed by atoms with Gasteiger partial charge in [0, 0.05) is 37.1 Å². The molecule has 0 spiro atoms. The van der Waals surface area contributed by atoms with E-state index in [9.17, 15) is 19.1 Å². The molecule has 0 aliphatic carbocycles. The van der Waals surface area contributed by atoms with Gasteiger partial charge in [-0.15, -0.1) is 0 Å². The minimum absolute atomic E-state index is 0.0607. The Bertz CT molecular complexity index is 988. The Morgan fingerprint density at radius 2 is 1.86 bits per heavy atom. The molecule has 1 aromatic carbocycles. The molecule has 0 bridgehead atoms. The second kappa shape index (κ2) is 13.4. The van der Waals surface area contributed by atoms with Crippen molar-refractivity contribution >= 4 is 29.7 Å². The molecule has 2 heterocycles. The van der Waals surface area contributed by atoms with Crippen molar-refractivity contribution in [3.63, 3.8) is 0 Å². The van der Waals surface area contributed by atoms with Crippen LogP contribution in [0.2, 0.25) is 5.02 Å². The molecule has 1 fully saturated rings. The number of esters is 1. The number of aliphatic hydroxyl groups excluding tert-OH is 1. The Morgan fingerprint density at radius 3 is 2.54 bits per heavy atom. The number of amides is 1. The van der Waals surface area contributed by atoms with E-state index >= 15 is 0 Å². The first-order valence-electron chi connectivity index (χ1n) is 12.9. The highest BCUT2D eigenvalue weighted by Gasteiger charge is 2.29. The molecule has 0 aromatic heterocycles. The van der Waals surface area contributed by atoms with Crippen LogP contribution < -0.4 is 0 Å². The van der Waals surface area contributed by atoms with Crippen LogP contribution in [0.5, 0.6) is 0 Å². The molecule has 2 aliphatic rings. The van der Waals surface area contributed by atoms with Crippen molar-refractivity contribution in [2.75, 3.05) is 33.2 Å². The maximum Gasteiger partial charge on any atom is 0.410 e. The highest BCUT2D eigenvalue weighted by atomic mass is 35.5. The number of carbonyl (C=O) groups excluding carboxylic acids is 2. The van der Waals surface area contributed by atoms with Gasteiger partial charge in [0.1, 0.15) is 18.0 Å². The Hall–Kier alpha value is -2.42. The number of benzene rings is 1. The number of carbonyl (C=O) groups is 2. The molecule has 0 radical (unpaired) electrons. The summed E-state index contributed by atoms with van der Waals surface area (Å²) >= 11 is 6.00. The van der Waals surface area contributed by atoms with Crippen molar-refractivity contribution in [2.24, 2.45) is 11.8 Å². The van der Waals surface area contributed by atoms with Crippen LogP contribution in [-0.2, 0) is 14.3 Å². The number of likely N-dealkylation sites (N-methyl/N-ethyl adjacent to an activating group) is 1. The molecule has 2 aliphatic heterocycles. The van der Waals surface area contributed by atoms with Gasteiger partial charge in [-0.1, -0.05) is 37.6 Å². The lowest BCUT2D eigenvalue weighted by atomic mass is 9.91. The normalized spacial score (nSPS) is 29.6. The van der Waals surface area contributed by atoms with E-state index in [1.807, 2.05) is 33.0 Å². The van der Waals surface area contributed by atoms with E-state index in [0.29, 0.717) is 37.1 Å². The summed E-state index contributed by atoms with van der Waals surface area (Å²) in [6, 6.07) is 4.21. The van der Waals surface area contributed by atoms with Gasteiger partial charge in [-0.25, -0.2) is 9.18 Å². The van der Waals surface area contributed by atoms with E-state index in [4.69, 9.17) is 21.1 Å². The number of piperazine rings is 1.